The van der Waals surface area contributed by atoms with Crippen molar-refractivity contribution in [3.8, 4) is 0 Å². The van der Waals surface area contributed by atoms with Gasteiger partial charge in [0.05, 0.1) is 5.69 Å². The molecule has 1 aliphatic rings. The number of nitrogens with one attached hydrogen (secondary N) is 2. The van der Waals surface area contributed by atoms with Gasteiger partial charge in [-0.15, -0.1) is 0 Å². The molecule has 23 heavy (non-hydrogen) atoms. The van der Waals surface area contributed by atoms with Crippen molar-refractivity contribution >= 4 is 23.1 Å². The van der Waals surface area contributed by atoms with Crippen molar-refractivity contribution in [1.29, 1.82) is 0 Å². The number of amides is 2. The van der Waals surface area contributed by atoms with Crippen molar-refractivity contribution in [1.82, 2.24) is 0 Å². The van der Waals surface area contributed by atoms with Crippen LogP contribution in [0.25, 0.3) is 0 Å². The molecule has 1 aliphatic heterocycles. The van der Waals surface area contributed by atoms with Crippen LogP contribution in [0, 0.1) is 5.82 Å². The van der Waals surface area contributed by atoms with Gasteiger partial charge in [0.25, 0.3) is 0 Å². The fourth-order valence-electron chi connectivity index (χ4n) is 2.75. The normalized spacial score (nSPS) is 14.4. The van der Waals surface area contributed by atoms with Gasteiger partial charge in [0.2, 0.25) is 0 Å². The predicted octanol–water partition coefficient (Wildman–Crippen LogP) is 4.46. The van der Waals surface area contributed by atoms with E-state index in [1.807, 2.05) is 24.3 Å². The molecule has 0 bridgehead atoms. The molecule has 5 heteroatoms. The van der Waals surface area contributed by atoms with Gasteiger partial charge in [-0.25, -0.2) is 9.18 Å². The maximum Gasteiger partial charge on any atom is 0.323 e. The van der Waals surface area contributed by atoms with Crippen LogP contribution >= 0.6 is 0 Å². The summed E-state index contributed by atoms with van der Waals surface area (Å²) >= 11 is 0. The molecule has 1 heterocycles. The molecule has 2 aromatic carbocycles. The number of carbonyl (C=O) groups excluding carboxylic acids is 1. The molecule has 2 amide bonds. The molecule has 1 fully saturated rings. The van der Waals surface area contributed by atoms with E-state index in [9.17, 15) is 9.18 Å². The zero-order valence-electron chi connectivity index (χ0n) is 12.9. The smallest absolute Gasteiger partial charge is 0.323 e. The highest BCUT2D eigenvalue weighted by atomic mass is 19.1. The number of carbonyl (C=O) groups is 1. The van der Waals surface area contributed by atoms with E-state index >= 15 is 0 Å². The Morgan fingerprint density at radius 1 is 0.913 bits per heavy atom. The molecule has 0 spiro atoms. The van der Waals surface area contributed by atoms with E-state index in [0.717, 1.165) is 13.1 Å². The van der Waals surface area contributed by atoms with Gasteiger partial charge in [-0.2, -0.15) is 0 Å². The summed E-state index contributed by atoms with van der Waals surface area (Å²) < 4.78 is 13.5. The van der Waals surface area contributed by atoms with Crippen LogP contribution in [-0.2, 0) is 0 Å². The zero-order valence-corrected chi connectivity index (χ0v) is 12.9. The number of piperidine rings is 1. The quantitative estimate of drug-likeness (QED) is 0.878. The maximum atomic E-state index is 13.5. The lowest BCUT2D eigenvalue weighted by atomic mass is 10.1. The third-order valence-electron chi connectivity index (χ3n) is 3.97. The third kappa shape index (κ3) is 4.00. The Kier molecular flexibility index (Phi) is 4.76. The molecule has 2 aromatic rings. The summed E-state index contributed by atoms with van der Waals surface area (Å²) in [6.45, 7) is 2.17. The molecular weight excluding hydrogens is 293 g/mol. The van der Waals surface area contributed by atoms with Crippen LogP contribution in [0.3, 0.4) is 0 Å². The topological polar surface area (TPSA) is 44.4 Å². The largest absolute Gasteiger partial charge is 0.372 e. The van der Waals surface area contributed by atoms with E-state index in [-0.39, 0.29) is 5.69 Å². The number of para-hydroxylation sites is 1. The Balaban J connectivity index is 1.59. The standard InChI is InChI=1S/C18H20FN3O/c19-16-6-2-3-7-17(16)21-18(23)20-14-8-10-15(11-9-14)22-12-4-1-5-13-22/h2-3,6-11H,1,4-5,12-13H2,(H2,20,21,23). The minimum atomic E-state index is -0.458. The zero-order chi connectivity index (χ0) is 16.1. The van der Waals surface area contributed by atoms with Crippen molar-refractivity contribution in [2.45, 2.75) is 19.3 Å². The Morgan fingerprint density at radius 2 is 1.61 bits per heavy atom. The summed E-state index contributed by atoms with van der Waals surface area (Å²) in [5.41, 5.74) is 2.01. The highest BCUT2D eigenvalue weighted by Gasteiger charge is 2.11. The number of rotatable bonds is 3. The van der Waals surface area contributed by atoms with Gasteiger partial charge in [0, 0.05) is 24.5 Å². The molecule has 0 saturated carbocycles. The molecule has 0 aliphatic carbocycles. The van der Waals surface area contributed by atoms with Crippen LogP contribution in [0.2, 0.25) is 0 Å². The van der Waals surface area contributed by atoms with E-state index in [1.54, 1.807) is 12.1 Å². The van der Waals surface area contributed by atoms with Crippen LogP contribution in [0.5, 0.6) is 0 Å². The lowest BCUT2D eigenvalue weighted by molar-refractivity contribution is 0.262. The van der Waals surface area contributed by atoms with Crippen molar-refractivity contribution < 1.29 is 9.18 Å². The van der Waals surface area contributed by atoms with Gasteiger partial charge in [0.15, 0.2) is 0 Å². The van der Waals surface area contributed by atoms with E-state index in [0.29, 0.717) is 5.69 Å². The molecule has 2 N–H and O–H groups in total. The lowest BCUT2D eigenvalue weighted by Crippen LogP contribution is -2.29. The minimum absolute atomic E-state index is 0.162. The van der Waals surface area contributed by atoms with Crippen LogP contribution in [0.15, 0.2) is 48.5 Å². The Morgan fingerprint density at radius 3 is 2.30 bits per heavy atom. The number of nitrogens with zero attached hydrogens (tertiary/aromatic N) is 1. The molecular formula is C18H20FN3O. The maximum absolute atomic E-state index is 13.5. The van der Waals surface area contributed by atoms with Crippen LogP contribution in [0.1, 0.15) is 19.3 Å². The first-order chi connectivity index (χ1) is 11.2. The molecule has 3 rings (SSSR count). The minimum Gasteiger partial charge on any atom is -0.372 e. The number of hydrogen-bond donors (Lipinski definition) is 2. The van der Waals surface area contributed by atoms with Crippen LogP contribution < -0.4 is 15.5 Å². The fourth-order valence-corrected chi connectivity index (χ4v) is 2.75. The number of hydrogen-bond acceptors (Lipinski definition) is 2. The second-order valence-corrected chi connectivity index (χ2v) is 5.65. The second kappa shape index (κ2) is 7.13. The third-order valence-corrected chi connectivity index (χ3v) is 3.97. The van der Waals surface area contributed by atoms with E-state index < -0.39 is 11.8 Å². The van der Waals surface area contributed by atoms with Gasteiger partial charge in [-0.1, -0.05) is 12.1 Å². The first kappa shape index (κ1) is 15.3. The Bertz CT molecular complexity index is 666. The number of urea groups is 1. The van der Waals surface area contributed by atoms with Gasteiger partial charge in [-0.05, 0) is 55.7 Å². The summed E-state index contributed by atoms with van der Waals surface area (Å²) in [6.07, 6.45) is 3.75. The highest BCUT2D eigenvalue weighted by Crippen LogP contribution is 2.22. The van der Waals surface area contributed by atoms with Crippen molar-refractivity contribution in [3.63, 3.8) is 0 Å². The Labute approximate surface area is 135 Å². The average Bonchev–Trinajstić information content (AvgIpc) is 2.58. The molecule has 0 aromatic heterocycles. The summed E-state index contributed by atoms with van der Waals surface area (Å²) in [6, 6.07) is 13.4. The summed E-state index contributed by atoms with van der Waals surface area (Å²) in [4.78, 5) is 14.3. The van der Waals surface area contributed by atoms with E-state index in [2.05, 4.69) is 15.5 Å². The Hall–Kier alpha value is -2.56. The van der Waals surface area contributed by atoms with Crippen molar-refractivity contribution in [2.75, 3.05) is 28.6 Å². The molecule has 0 atom stereocenters. The summed E-state index contributed by atoms with van der Waals surface area (Å²) in [5.74, 6) is -0.455. The monoisotopic (exact) mass is 313 g/mol. The predicted molar refractivity (Wildman–Crippen MR) is 91.5 cm³/mol. The van der Waals surface area contributed by atoms with E-state index in [1.165, 1.54) is 37.1 Å². The van der Waals surface area contributed by atoms with Crippen LogP contribution in [-0.4, -0.2) is 19.1 Å². The first-order valence-corrected chi connectivity index (χ1v) is 7.90. The number of benzene rings is 2. The summed E-state index contributed by atoms with van der Waals surface area (Å²) in [5, 5.41) is 5.21. The molecule has 0 unspecified atom stereocenters. The first-order valence-electron chi connectivity index (χ1n) is 7.90. The molecule has 4 nitrogen and oxygen atoms in total. The molecule has 120 valence electrons. The number of halogens is 1. The number of anilines is 3. The van der Waals surface area contributed by atoms with Crippen molar-refractivity contribution in [3.05, 3.63) is 54.3 Å². The van der Waals surface area contributed by atoms with Gasteiger partial charge in [-0.3, -0.25) is 0 Å². The lowest BCUT2D eigenvalue weighted by Gasteiger charge is -2.28. The second-order valence-electron chi connectivity index (χ2n) is 5.65. The van der Waals surface area contributed by atoms with Gasteiger partial charge in [0.1, 0.15) is 5.82 Å². The fraction of sp³-hybridized carbons (Fsp3) is 0.278. The molecule has 0 radical (unpaired) electrons. The van der Waals surface area contributed by atoms with E-state index in [4.69, 9.17) is 0 Å². The SMILES string of the molecule is O=C(Nc1ccc(N2CCCCC2)cc1)Nc1ccccc1F. The van der Waals surface area contributed by atoms with Crippen molar-refractivity contribution in [2.24, 2.45) is 0 Å². The molecule has 1 saturated heterocycles. The van der Waals surface area contributed by atoms with Gasteiger partial charge >= 0.3 is 6.03 Å². The summed E-state index contributed by atoms with van der Waals surface area (Å²) in [7, 11) is 0. The van der Waals surface area contributed by atoms with Gasteiger partial charge < -0.3 is 15.5 Å². The van der Waals surface area contributed by atoms with Crippen LogP contribution in [0.4, 0.5) is 26.2 Å². The highest BCUT2D eigenvalue weighted by molar-refractivity contribution is 5.99. The average molecular weight is 313 g/mol.